The van der Waals surface area contributed by atoms with Crippen LogP contribution in [0, 0.1) is 5.82 Å². The molecule has 0 amide bonds. The minimum Gasteiger partial charge on any atom is -0.494 e. The van der Waals surface area contributed by atoms with Crippen LogP contribution in [-0.2, 0) is 19.6 Å². The summed E-state index contributed by atoms with van der Waals surface area (Å²) in [7, 11) is -1.89. The number of rotatable bonds is 11. The first-order valence-electron chi connectivity index (χ1n) is 13.1. The Hall–Kier alpha value is -3.87. The van der Waals surface area contributed by atoms with Gasteiger partial charge in [0.05, 0.1) is 11.5 Å². The van der Waals surface area contributed by atoms with Gasteiger partial charge in [0, 0.05) is 48.4 Å². The second kappa shape index (κ2) is 15.2. The van der Waals surface area contributed by atoms with E-state index < -0.39 is 22.0 Å². The number of hydrogen-bond acceptors (Lipinski definition) is 7. The molecular formula is C29H34FN3O7S. The number of nitrogens with zero attached hydrogens (tertiary/aromatic N) is 3. The van der Waals surface area contributed by atoms with Crippen molar-refractivity contribution in [1.29, 1.82) is 0 Å². The maximum absolute atomic E-state index is 13.4. The fourth-order valence-corrected chi connectivity index (χ4v) is 6.10. The number of pyridine rings is 1. The van der Waals surface area contributed by atoms with E-state index in [1.54, 1.807) is 54.1 Å². The van der Waals surface area contributed by atoms with Crippen LogP contribution in [-0.4, -0.2) is 84.1 Å². The fraction of sp³-hybridized carbons (Fsp3) is 0.345. The highest BCUT2D eigenvalue weighted by molar-refractivity contribution is 7.89. The maximum Gasteiger partial charge on any atom is 0.328 e. The maximum atomic E-state index is 13.4. The Balaban J connectivity index is 0.000000507. The zero-order chi connectivity index (χ0) is 29.8. The van der Waals surface area contributed by atoms with E-state index in [0.29, 0.717) is 34.8 Å². The Kier molecular flexibility index (Phi) is 11.7. The van der Waals surface area contributed by atoms with Crippen LogP contribution in [0.25, 0.3) is 10.8 Å². The molecule has 1 aliphatic heterocycles. The van der Waals surface area contributed by atoms with Crippen LogP contribution in [0.15, 0.2) is 78.0 Å². The number of carboxylic acids is 2. The molecule has 2 heterocycles. The van der Waals surface area contributed by atoms with Crippen LogP contribution >= 0.6 is 0 Å². The number of carboxylic acid groups (broad SMARTS) is 2. The third kappa shape index (κ3) is 9.62. The van der Waals surface area contributed by atoms with Crippen molar-refractivity contribution >= 4 is 32.7 Å². The summed E-state index contributed by atoms with van der Waals surface area (Å²) >= 11 is 0. The molecule has 1 aromatic heterocycles. The van der Waals surface area contributed by atoms with Gasteiger partial charge >= 0.3 is 11.9 Å². The summed E-state index contributed by atoms with van der Waals surface area (Å²) in [5.74, 6) is -2.10. The highest BCUT2D eigenvalue weighted by atomic mass is 32.2. The van der Waals surface area contributed by atoms with Crippen molar-refractivity contribution in [2.75, 3.05) is 33.3 Å². The number of aliphatic carboxylic acids is 2. The molecule has 1 saturated heterocycles. The van der Waals surface area contributed by atoms with Crippen molar-refractivity contribution in [1.82, 2.24) is 14.2 Å². The van der Waals surface area contributed by atoms with Crippen molar-refractivity contribution in [3.8, 4) is 5.75 Å². The average molecular weight is 588 g/mol. The number of halogens is 1. The zero-order valence-electron chi connectivity index (χ0n) is 22.7. The molecule has 220 valence electrons. The molecule has 1 fully saturated rings. The molecule has 0 unspecified atom stereocenters. The number of carbonyl (C=O) groups is 2. The van der Waals surface area contributed by atoms with E-state index in [4.69, 9.17) is 14.9 Å². The van der Waals surface area contributed by atoms with Gasteiger partial charge in [0.25, 0.3) is 0 Å². The molecule has 0 aliphatic carbocycles. The minimum absolute atomic E-state index is 0.00912. The van der Waals surface area contributed by atoms with E-state index in [0.717, 1.165) is 50.7 Å². The van der Waals surface area contributed by atoms with Crippen LogP contribution in [0.4, 0.5) is 4.39 Å². The SMILES string of the molecule is CN(C1CCN(CCCCOc2ccc(F)cc2)CC1)S(=O)(=O)c1cccc2cnccc12.O=C(O)/C=C/C(=O)O. The van der Waals surface area contributed by atoms with Crippen molar-refractivity contribution in [3.63, 3.8) is 0 Å². The number of benzene rings is 2. The lowest BCUT2D eigenvalue weighted by molar-refractivity contribution is -0.134. The van der Waals surface area contributed by atoms with Gasteiger partial charge in [-0.25, -0.2) is 22.4 Å². The van der Waals surface area contributed by atoms with Crippen molar-refractivity contribution < 1.29 is 37.3 Å². The first kappa shape index (κ1) is 31.7. The normalized spacial score (nSPS) is 14.6. The van der Waals surface area contributed by atoms with E-state index in [1.807, 2.05) is 6.07 Å². The van der Waals surface area contributed by atoms with Gasteiger partial charge < -0.3 is 19.8 Å². The van der Waals surface area contributed by atoms with E-state index >= 15 is 0 Å². The number of aromatic nitrogens is 1. The van der Waals surface area contributed by atoms with Crippen LogP contribution in [0.3, 0.4) is 0 Å². The summed E-state index contributed by atoms with van der Waals surface area (Å²) in [5, 5.41) is 17.2. The highest BCUT2D eigenvalue weighted by Gasteiger charge is 2.31. The monoisotopic (exact) mass is 587 g/mol. The number of fused-ring (bicyclic) bond motifs is 1. The molecule has 4 rings (SSSR count). The summed E-state index contributed by atoms with van der Waals surface area (Å²) in [6, 6.07) is 13.2. The van der Waals surface area contributed by atoms with E-state index in [-0.39, 0.29) is 11.9 Å². The molecule has 10 nitrogen and oxygen atoms in total. The van der Waals surface area contributed by atoms with Gasteiger partial charge in [-0.1, -0.05) is 12.1 Å². The van der Waals surface area contributed by atoms with Gasteiger partial charge in [-0.15, -0.1) is 0 Å². The van der Waals surface area contributed by atoms with Gasteiger partial charge in [-0.3, -0.25) is 4.98 Å². The molecule has 0 atom stereocenters. The molecule has 1 aliphatic rings. The van der Waals surface area contributed by atoms with Crippen LogP contribution in [0.2, 0.25) is 0 Å². The van der Waals surface area contributed by atoms with E-state index in [1.165, 1.54) is 12.1 Å². The van der Waals surface area contributed by atoms with Gasteiger partial charge in [0.1, 0.15) is 11.6 Å². The number of hydrogen-bond donors (Lipinski definition) is 2. The lowest BCUT2D eigenvalue weighted by Gasteiger charge is -2.36. The molecule has 0 radical (unpaired) electrons. The number of piperidine rings is 1. The lowest BCUT2D eigenvalue weighted by Crippen LogP contribution is -2.45. The molecule has 12 heteroatoms. The quantitative estimate of drug-likeness (QED) is 0.252. The molecule has 3 aromatic rings. The molecule has 0 bridgehead atoms. The third-order valence-corrected chi connectivity index (χ3v) is 8.66. The van der Waals surface area contributed by atoms with E-state index in [9.17, 15) is 22.4 Å². The van der Waals surface area contributed by atoms with Gasteiger partial charge in [0.2, 0.25) is 10.0 Å². The molecule has 41 heavy (non-hydrogen) atoms. The van der Waals surface area contributed by atoms with Crippen molar-refractivity contribution in [2.45, 2.75) is 36.6 Å². The summed E-state index contributed by atoms with van der Waals surface area (Å²) < 4.78 is 46.9. The van der Waals surface area contributed by atoms with Crippen LogP contribution in [0.5, 0.6) is 5.75 Å². The summed E-state index contributed by atoms with van der Waals surface area (Å²) in [6.07, 6.45) is 7.99. The Morgan fingerprint density at radius 1 is 1.05 bits per heavy atom. The predicted octanol–water partition coefficient (Wildman–Crippen LogP) is 4.03. The number of unbranched alkanes of at least 4 members (excludes halogenated alkanes) is 1. The zero-order valence-corrected chi connectivity index (χ0v) is 23.5. The van der Waals surface area contributed by atoms with Gasteiger partial charge in [-0.05, 0) is 81.7 Å². The molecular weight excluding hydrogens is 553 g/mol. The molecule has 0 spiro atoms. The smallest absolute Gasteiger partial charge is 0.328 e. The first-order valence-corrected chi connectivity index (χ1v) is 14.6. The standard InChI is InChI=1S/C25H30FN3O3S.C4H4O4/c1-28(33(30,31)25-6-4-5-20-19-27-14-11-24(20)25)22-12-16-29(17-13-22)15-2-3-18-32-23-9-7-21(26)8-10-23;5-3(6)1-2-4(7)8/h4-11,14,19,22H,2-3,12-13,15-18H2,1H3;1-2H,(H,5,6)(H,7,8)/b;2-1+. The highest BCUT2D eigenvalue weighted by Crippen LogP contribution is 2.28. The Labute approximate surface area is 238 Å². The van der Waals surface area contributed by atoms with Crippen molar-refractivity contribution in [2.24, 2.45) is 0 Å². The molecule has 2 aromatic carbocycles. The predicted molar refractivity (Wildman–Crippen MR) is 152 cm³/mol. The average Bonchev–Trinajstić information content (AvgIpc) is 2.97. The molecule has 2 N–H and O–H groups in total. The van der Waals surface area contributed by atoms with Crippen LogP contribution < -0.4 is 4.74 Å². The first-order chi connectivity index (χ1) is 19.6. The van der Waals surface area contributed by atoms with Crippen molar-refractivity contribution in [3.05, 3.63) is 78.9 Å². The number of likely N-dealkylation sites (tertiary alicyclic amines) is 1. The second-order valence-corrected chi connectivity index (χ2v) is 11.4. The lowest BCUT2D eigenvalue weighted by atomic mass is 10.1. The fourth-order valence-electron chi connectivity index (χ4n) is 4.48. The second-order valence-electron chi connectivity index (χ2n) is 9.47. The number of sulfonamides is 1. The van der Waals surface area contributed by atoms with Gasteiger partial charge in [0.15, 0.2) is 0 Å². The molecule has 0 saturated carbocycles. The summed E-state index contributed by atoms with van der Waals surface area (Å²) in [4.78, 5) is 25.9. The number of ether oxygens (including phenoxy) is 1. The Morgan fingerprint density at radius 2 is 1.71 bits per heavy atom. The van der Waals surface area contributed by atoms with Crippen LogP contribution in [0.1, 0.15) is 25.7 Å². The third-order valence-electron chi connectivity index (χ3n) is 6.69. The Morgan fingerprint density at radius 3 is 2.34 bits per heavy atom. The van der Waals surface area contributed by atoms with Gasteiger partial charge in [-0.2, -0.15) is 4.31 Å². The topological polar surface area (TPSA) is 137 Å². The largest absolute Gasteiger partial charge is 0.494 e. The minimum atomic E-state index is -3.59. The summed E-state index contributed by atoms with van der Waals surface area (Å²) in [6.45, 7) is 3.32. The van der Waals surface area contributed by atoms with E-state index in [2.05, 4.69) is 9.88 Å². The summed E-state index contributed by atoms with van der Waals surface area (Å²) in [5.41, 5.74) is 0. The Bertz CT molecular complexity index is 1420.